The van der Waals surface area contributed by atoms with Gasteiger partial charge in [-0.3, -0.25) is 14.0 Å². The first-order chi connectivity index (χ1) is 11.5. The van der Waals surface area contributed by atoms with E-state index in [9.17, 15) is 0 Å². The normalized spacial score (nSPS) is 30.4. The van der Waals surface area contributed by atoms with Gasteiger partial charge in [0.2, 0.25) is 0 Å². The average Bonchev–Trinajstić information content (AvgIpc) is 2.79. The molecule has 2 rings (SSSR count). The van der Waals surface area contributed by atoms with Gasteiger partial charge >= 0.3 is 10.4 Å². The van der Waals surface area contributed by atoms with Crippen molar-refractivity contribution in [2.45, 2.75) is 46.1 Å². The van der Waals surface area contributed by atoms with Crippen molar-refractivity contribution >= 4 is 10.4 Å². The molecule has 2 saturated carbocycles. The standard InChI is InChI=1S/C16H31NO3.H2O4S/c1-15(2)13-4-5-16(15,3)14(12-13)20-11-8-17(6-9-18)7-10-19;1-5(2,3)4/h13-14,18-19H,4-12H2,1-3H3;(H2,1,2,3,4). The van der Waals surface area contributed by atoms with E-state index in [-0.39, 0.29) is 13.2 Å². The van der Waals surface area contributed by atoms with Crippen molar-refractivity contribution in [2.24, 2.45) is 16.7 Å². The van der Waals surface area contributed by atoms with Crippen LogP contribution in [-0.2, 0) is 15.1 Å². The molecule has 150 valence electrons. The molecule has 0 amide bonds. The van der Waals surface area contributed by atoms with Crippen LogP contribution in [0.25, 0.3) is 0 Å². The van der Waals surface area contributed by atoms with Crippen LogP contribution in [0.3, 0.4) is 0 Å². The van der Waals surface area contributed by atoms with Crippen molar-refractivity contribution in [1.29, 1.82) is 0 Å². The highest BCUT2D eigenvalue weighted by Gasteiger charge is 2.61. The monoisotopic (exact) mass is 383 g/mol. The zero-order valence-electron chi connectivity index (χ0n) is 15.4. The molecule has 0 heterocycles. The molecule has 25 heavy (non-hydrogen) atoms. The van der Waals surface area contributed by atoms with Crippen LogP contribution in [0.5, 0.6) is 0 Å². The van der Waals surface area contributed by atoms with E-state index >= 15 is 0 Å². The van der Waals surface area contributed by atoms with E-state index in [0.29, 0.717) is 36.6 Å². The maximum Gasteiger partial charge on any atom is 0.394 e. The Morgan fingerprint density at radius 1 is 1.08 bits per heavy atom. The van der Waals surface area contributed by atoms with Crippen LogP contribution in [0.2, 0.25) is 0 Å². The Kier molecular flexibility index (Phi) is 8.26. The summed E-state index contributed by atoms with van der Waals surface area (Å²) in [5.74, 6) is 0.809. The van der Waals surface area contributed by atoms with Crippen LogP contribution in [0, 0.1) is 16.7 Å². The number of rotatable bonds is 8. The van der Waals surface area contributed by atoms with Gasteiger partial charge in [0.05, 0.1) is 25.9 Å². The maximum absolute atomic E-state index is 9.01. The van der Waals surface area contributed by atoms with Crippen molar-refractivity contribution in [1.82, 2.24) is 4.90 Å². The number of aliphatic hydroxyl groups is 2. The van der Waals surface area contributed by atoms with Crippen LogP contribution in [0.4, 0.5) is 0 Å². The predicted molar refractivity (Wildman–Crippen MR) is 93.8 cm³/mol. The summed E-state index contributed by atoms with van der Waals surface area (Å²) in [5.41, 5.74) is 0.712. The lowest BCUT2D eigenvalue weighted by Gasteiger charge is -2.39. The van der Waals surface area contributed by atoms with E-state index in [4.69, 9.17) is 32.5 Å². The zero-order chi connectivity index (χ0) is 19.3. The van der Waals surface area contributed by atoms with E-state index in [1.807, 2.05) is 0 Å². The molecule has 4 N–H and O–H groups in total. The van der Waals surface area contributed by atoms with Crippen molar-refractivity contribution in [2.75, 3.05) is 39.5 Å². The first-order valence-corrected chi connectivity index (χ1v) is 10.1. The molecule has 2 aliphatic rings. The molecule has 9 heteroatoms. The first kappa shape index (κ1) is 22.8. The SMILES string of the molecule is CC1(C)C2CCC1(C)C(OCCN(CCO)CCO)C2.O=S(=O)(O)O. The molecular formula is C16H33NO7S. The number of fused-ring (bicyclic) bond motifs is 2. The summed E-state index contributed by atoms with van der Waals surface area (Å²) in [4.78, 5) is 2.06. The Balaban J connectivity index is 0.000000550. The average molecular weight is 384 g/mol. The number of aliphatic hydroxyl groups excluding tert-OH is 2. The highest BCUT2D eigenvalue weighted by atomic mass is 32.3. The minimum atomic E-state index is -4.67. The van der Waals surface area contributed by atoms with Crippen molar-refractivity contribution in [3.8, 4) is 0 Å². The third-order valence-electron chi connectivity index (χ3n) is 6.27. The molecule has 3 unspecified atom stereocenters. The Morgan fingerprint density at radius 2 is 1.60 bits per heavy atom. The van der Waals surface area contributed by atoms with Gasteiger partial charge in [0.15, 0.2) is 0 Å². The first-order valence-electron chi connectivity index (χ1n) is 8.71. The Hall–Kier alpha value is -0.290. The van der Waals surface area contributed by atoms with E-state index in [1.165, 1.54) is 19.3 Å². The van der Waals surface area contributed by atoms with Gasteiger partial charge < -0.3 is 14.9 Å². The summed E-state index contributed by atoms with van der Waals surface area (Å²) in [6.07, 6.45) is 4.21. The minimum absolute atomic E-state index is 0.135. The van der Waals surface area contributed by atoms with Crippen molar-refractivity contribution in [3.05, 3.63) is 0 Å². The fraction of sp³-hybridized carbons (Fsp3) is 1.00. The molecule has 0 aliphatic heterocycles. The summed E-state index contributed by atoms with van der Waals surface area (Å²) in [7, 11) is -4.67. The van der Waals surface area contributed by atoms with Crippen molar-refractivity contribution in [3.63, 3.8) is 0 Å². The van der Waals surface area contributed by atoms with Crippen molar-refractivity contribution < 1.29 is 32.5 Å². The molecular weight excluding hydrogens is 350 g/mol. The third-order valence-corrected chi connectivity index (χ3v) is 6.27. The summed E-state index contributed by atoms with van der Waals surface area (Å²) in [5, 5.41) is 18.0. The lowest BCUT2D eigenvalue weighted by atomic mass is 9.70. The van der Waals surface area contributed by atoms with Gasteiger partial charge in [-0.2, -0.15) is 8.42 Å². The van der Waals surface area contributed by atoms with Gasteiger partial charge in [-0.25, -0.2) is 0 Å². The summed E-state index contributed by atoms with van der Waals surface area (Å²) >= 11 is 0. The van der Waals surface area contributed by atoms with Gasteiger partial charge in [-0.05, 0) is 36.0 Å². The number of hydrogen-bond donors (Lipinski definition) is 4. The topological polar surface area (TPSA) is 128 Å². The molecule has 0 aromatic carbocycles. The second-order valence-corrected chi connectivity index (χ2v) is 8.60. The fourth-order valence-electron chi connectivity index (χ4n) is 4.32. The van der Waals surface area contributed by atoms with E-state index < -0.39 is 10.4 Å². The summed E-state index contributed by atoms with van der Waals surface area (Å²) in [6.45, 7) is 10.2. The summed E-state index contributed by atoms with van der Waals surface area (Å²) < 4.78 is 37.8. The molecule has 0 radical (unpaired) electrons. The predicted octanol–water partition coefficient (Wildman–Crippen LogP) is 0.852. The highest BCUT2D eigenvalue weighted by molar-refractivity contribution is 7.79. The maximum atomic E-state index is 9.01. The van der Waals surface area contributed by atoms with E-state index in [1.54, 1.807) is 0 Å². The quantitative estimate of drug-likeness (QED) is 0.454. The second-order valence-electron chi connectivity index (χ2n) is 7.71. The lowest BCUT2D eigenvalue weighted by molar-refractivity contribution is -0.0529. The lowest BCUT2D eigenvalue weighted by Crippen LogP contribution is -2.39. The van der Waals surface area contributed by atoms with Gasteiger partial charge in [-0.15, -0.1) is 0 Å². The second kappa shape index (κ2) is 9.07. The Labute approximate surface area is 150 Å². The molecule has 0 saturated heterocycles. The fourth-order valence-corrected chi connectivity index (χ4v) is 4.32. The van der Waals surface area contributed by atoms with E-state index in [0.717, 1.165) is 12.5 Å². The number of nitrogens with zero attached hydrogens (tertiary/aromatic N) is 1. The van der Waals surface area contributed by atoms with E-state index in [2.05, 4.69) is 25.7 Å². The molecule has 0 spiro atoms. The van der Waals surface area contributed by atoms with Crippen LogP contribution >= 0.6 is 0 Å². The smallest absolute Gasteiger partial charge is 0.394 e. The minimum Gasteiger partial charge on any atom is -0.395 e. The Morgan fingerprint density at radius 3 is 1.96 bits per heavy atom. The molecule has 8 nitrogen and oxygen atoms in total. The Bertz CT molecular complexity index is 497. The van der Waals surface area contributed by atoms with Gasteiger partial charge in [0.1, 0.15) is 0 Å². The molecule has 2 aliphatic carbocycles. The molecule has 0 aromatic rings. The number of ether oxygens (including phenoxy) is 1. The van der Waals surface area contributed by atoms with Crippen LogP contribution in [-0.4, -0.2) is 78.2 Å². The third kappa shape index (κ3) is 6.13. The van der Waals surface area contributed by atoms with Gasteiger partial charge in [-0.1, -0.05) is 20.8 Å². The van der Waals surface area contributed by atoms with Gasteiger partial charge in [0, 0.05) is 19.6 Å². The summed E-state index contributed by atoms with van der Waals surface area (Å²) in [6, 6.07) is 0. The molecule has 0 aromatic heterocycles. The molecule has 2 bridgehead atoms. The largest absolute Gasteiger partial charge is 0.395 e. The zero-order valence-corrected chi connectivity index (χ0v) is 16.2. The molecule has 3 atom stereocenters. The number of hydrogen-bond acceptors (Lipinski definition) is 6. The highest BCUT2D eigenvalue weighted by Crippen LogP contribution is 2.66. The van der Waals surface area contributed by atoms with Crippen LogP contribution in [0.15, 0.2) is 0 Å². The molecule has 2 fully saturated rings. The van der Waals surface area contributed by atoms with Crippen LogP contribution in [0.1, 0.15) is 40.0 Å². The van der Waals surface area contributed by atoms with Crippen LogP contribution < -0.4 is 0 Å². The van der Waals surface area contributed by atoms with Gasteiger partial charge in [0.25, 0.3) is 0 Å².